The maximum absolute atomic E-state index is 12.9. The number of aryl methyl sites for hydroxylation is 2. The molecule has 1 aliphatic heterocycles. The molecule has 5 rings (SSSR count). The molecule has 0 fully saturated rings. The minimum Gasteiger partial charge on any atom is -0.337 e. The quantitative estimate of drug-likeness (QED) is 0.528. The van der Waals surface area contributed by atoms with Gasteiger partial charge in [-0.25, -0.2) is 13.4 Å². The van der Waals surface area contributed by atoms with Gasteiger partial charge in [-0.05, 0) is 49.1 Å². The summed E-state index contributed by atoms with van der Waals surface area (Å²) in [5.74, 6) is 0.743. The van der Waals surface area contributed by atoms with Crippen LogP contribution in [0.5, 0.6) is 0 Å². The molecule has 1 aliphatic rings. The number of imidazole rings is 1. The number of fused-ring (bicyclic) bond motifs is 2. The summed E-state index contributed by atoms with van der Waals surface area (Å²) >= 11 is 0. The highest BCUT2D eigenvalue weighted by Gasteiger charge is 2.30. The van der Waals surface area contributed by atoms with Crippen molar-refractivity contribution in [3.05, 3.63) is 70.4 Å². The Kier molecular flexibility index (Phi) is 4.48. The average molecular weight is 422 g/mol. The van der Waals surface area contributed by atoms with Gasteiger partial charge in [0.15, 0.2) is 5.82 Å². The number of rotatable bonds is 4. The van der Waals surface area contributed by atoms with Crippen LogP contribution in [0.2, 0.25) is 0 Å². The molecular weight excluding hydrogens is 398 g/mol. The molecule has 0 atom stereocenters. The van der Waals surface area contributed by atoms with Gasteiger partial charge in [-0.2, -0.15) is 9.40 Å². The zero-order chi connectivity index (χ0) is 20.9. The first-order chi connectivity index (χ1) is 14.4. The highest BCUT2D eigenvalue weighted by Crippen LogP contribution is 2.30. The molecule has 0 bridgehead atoms. The van der Waals surface area contributed by atoms with Crippen LogP contribution in [0.3, 0.4) is 0 Å². The van der Waals surface area contributed by atoms with Gasteiger partial charge >= 0.3 is 0 Å². The van der Waals surface area contributed by atoms with Crippen molar-refractivity contribution >= 4 is 21.1 Å². The van der Waals surface area contributed by atoms with Crippen molar-refractivity contribution in [2.45, 2.75) is 32.6 Å². The SMILES string of the molecule is Cc1cc2nc(-c3[nH]nc4c3CCN(S(=O)(=O)Cc3ccccc3)C4)[nH]c2cc1C. The van der Waals surface area contributed by atoms with Gasteiger partial charge < -0.3 is 4.98 Å². The van der Waals surface area contributed by atoms with E-state index in [1.165, 1.54) is 15.4 Å². The zero-order valence-corrected chi connectivity index (χ0v) is 17.8. The van der Waals surface area contributed by atoms with E-state index in [1.54, 1.807) is 0 Å². The Labute approximate surface area is 175 Å². The van der Waals surface area contributed by atoms with Gasteiger partial charge in [-0.1, -0.05) is 30.3 Å². The second kappa shape index (κ2) is 7.07. The molecule has 2 aromatic heterocycles. The fraction of sp³-hybridized carbons (Fsp3) is 0.273. The van der Waals surface area contributed by atoms with Crippen molar-refractivity contribution < 1.29 is 8.42 Å². The molecule has 0 spiro atoms. The van der Waals surface area contributed by atoms with Gasteiger partial charge in [0.05, 0.1) is 29.0 Å². The maximum atomic E-state index is 12.9. The van der Waals surface area contributed by atoms with Crippen LogP contribution in [0.15, 0.2) is 42.5 Å². The van der Waals surface area contributed by atoms with Crippen LogP contribution in [0.25, 0.3) is 22.6 Å². The van der Waals surface area contributed by atoms with E-state index >= 15 is 0 Å². The van der Waals surface area contributed by atoms with Crippen LogP contribution in [-0.4, -0.2) is 39.4 Å². The molecule has 2 aromatic carbocycles. The van der Waals surface area contributed by atoms with Crippen molar-refractivity contribution in [3.8, 4) is 11.5 Å². The smallest absolute Gasteiger partial charge is 0.218 e. The van der Waals surface area contributed by atoms with Crippen LogP contribution in [0.1, 0.15) is 27.9 Å². The molecule has 7 nitrogen and oxygen atoms in total. The van der Waals surface area contributed by atoms with E-state index < -0.39 is 10.0 Å². The second-order valence-electron chi connectivity index (χ2n) is 7.89. The highest BCUT2D eigenvalue weighted by atomic mass is 32.2. The van der Waals surface area contributed by atoms with E-state index in [-0.39, 0.29) is 12.3 Å². The van der Waals surface area contributed by atoms with Crippen LogP contribution < -0.4 is 0 Å². The lowest BCUT2D eigenvalue weighted by atomic mass is 10.1. The first-order valence-electron chi connectivity index (χ1n) is 9.96. The van der Waals surface area contributed by atoms with Crippen LogP contribution in [0, 0.1) is 13.8 Å². The topological polar surface area (TPSA) is 94.7 Å². The van der Waals surface area contributed by atoms with Crippen LogP contribution in [-0.2, 0) is 28.7 Å². The molecule has 4 aromatic rings. The number of benzene rings is 2. The molecule has 3 heterocycles. The molecule has 0 saturated heterocycles. The third-order valence-electron chi connectivity index (χ3n) is 5.81. The minimum atomic E-state index is -3.41. The van der Waals surface area contributed by atoms with Crippen LogP contribution >= 0.6 is 0 Å². The lowest BCUT2D eigenvalue weighted by Gasteiger charge is -2.25. The molecule has 0 aliphatic carbocycles. The molecule has 0 saturated carbocycles. The molecule has 0 amide bonds. The van der Waals surface area contributed by atoms with Gasteiger partial charge in [0.1, 0.15) is 5.69 Å². The van der Waals surface area contributed by atoms with E-state index in [0.29, 0.717) is 13.0 Å². The van der Waals surface area contributed by atoms with Gasteiger partial charge in [-0.3, -0.25) is 5.10 Å². The Hall–Kier alpha value is -2.97. The molecule has 154 valence electrons. The summed E-state index contributed by atoms with van der Waals surface area (Å²) in [5, 5.41) is 7.50. The Bertz CT molecular complexity index is 1300. The molecule has 8 heteroatoms. The second-order valence-corrected chi connectivity index (χ2v) is 9.86. The third kappa shape index (κ3) is 3.32. The minimum absolute atomic E-state index is 0.00271. The summed E-state index contributed by atoms with van der Waals surface area (Å²) in [6, 6.07) is 13.4. The van der Waals surface area contributed by atoms with Crippen molar-refractivity contribution in [3.63, 3.8) is 0 Å². The van der Waals surface area contributed by atoms with Gasteiger partial charge in [0.25, 0.3) is 0 Å². The highest BCUT2D eigenvalue weighted by molar-refractivity contribution is 7.88. The first kappa shape index (κ1) is 19.0. The summed E-state index contributed by atoms with van der Waals surface area (Å²) in [6.07, 6.45) is 0.601. The standard InChI is InChI=1S/C22H23N5O2S/c1-14-10-18-19(11-15(14)2)24-22(23-18)21-17-8-9-27(12-20(17)25-26-21)30(28,29)13-16-6-4-3-5-7-16/h3-7,10-11H,8-9,12-13H2,1-2H3,(H,23,24)(H,25,26). The molecule has 30 heavy (non-hydrogen) atoms. The van der Waals surface area contributed by atoms with E-state index in [1.807, 2.05) is 30.3 Å². The number of hydrogen-bond acceptors (Lipinski definition) is 4. The summed E-state index contributed by atoms with van der Waals surface area (Å²) in [6.45, 7) is 4.87. The van der Waals surface area contributed by atoms with E-state index in [0.717, 1.165) is 39.4 Å². The predicted molar refractivity (Wildman–Crippen MR) is 116 cm³/mol. The lowest BCUT2D eigenvalue weighted by molar-refractivity contribution is 0.386. The normalized spacial score (nSPS) is 14.9. The third-order valence-corrected chi connectivity index (χ3v) is 7.61. The number of H-pyrrole nitrogens is 2. The number of nitrogens with one attached hydrogen (secondary N) is 2. The first-order valence-corrected chi connectivity index (χ1v) is 11.6. The summed E-state index contributed by atoms with van der Waals surface area (Å²) in [5.41, 5.74) is 7.75. The molecule has 0 unspecified atom stereocenters. The number of aromatic amines is 2. The van der Waals surface area contributed by atoms with Gasteiger partial charge in [0.2, 0.25) is 10.0 Å². The van der Waals surface area contributed by atoms with Gasteiger partial charge in [-0.15, -0.1) is 0 Å². The Morgan fingerprint density at radius 2 is 1.87 bits per heavy atom. The van der Waals surface area contributed by atoms with E-state index in [4.69, 9.17) is 4.98 Å². The average Bonchev–Trinajstić information content (AvgIpc) is 3.32. The predicted octanol–water partition coefficient (Wildman–Crippen LogP) is 3.46. The fourth-order valence-electron chi connectivity index (χ4n) is 3.98. The number of nitrogens with zero attached hydrogens (tertiary/aromatic N) is 3. The van der Waals surface area contributed by atoms with E-state index in [2.05, 4.69) is 41.2 Å². The van der Waals surface area contributed by atoms with Crippen molar-refractivity contribution in [2.24, 2.45) is 0 Å². The van der Waals surface area contributed by atoms with Crippen molar-refractivity contribution in [1.82, 2.24) is 24.5 Å². The number of aromatic nitrogens is 4. The molecular formula is C22H23N5O2S. The Morgan fingerprint density at radius 1 is 1.10 bits per heavy atom. The molecule has 0 radical (unpaired) electrons. The zero-order valence-electron chi connectivity index (χ0n) is 16.9. The summed E-state index contributed by atoms with van der Waals surface area (Å²) in [4.78, 5) is 8.11. The Balaban J connectivity index is 1.42. The van der Waals surface area contributed by atoms with Crippen molar-refractivity contribution in [2.75, 3.05) is 6.54 Å². The van der Waals surface area contributed by atoms with E-state index in [9.17, 15) is 8.42 Å². The number of hydrogen-bond donors (Lipinski definition) is 2. The van der Waals surface area contributed by atoms with Gasteiger partial charge in [0, 0.05) is 12.1 Å². The van der Waals surface area contributed by atoms with Crippen molar-refractivity contribution in [1.29, 1.82) is 0 Å². The Morgan fingerprint density at radius 3 is 2.67 bits per heavy atom. The summed E-state index contributed by atoms with van der Waals surface area (Å²) in [7, 11) is -3.41. The maximum Gasteiger partial charge on any atom is 0.218 e. The summed E-state index contributed by atoms with van der Waals surface area (Å²) < 4.78 is 27.3. The monoisotopic (exact) mass is 421 g/mol. The van der Waals surface area contributed by atoms with Crippen LogP contribution in [0.4, 0.5) is 0 Å². The molecule has 2 N–H and O–H groups in total. The lowest BCUT2D eigenvalue weighted by Crippen LogP contribution is -2.36. The largest absolute Gasteiger partial charge is 0.337 e. The fourth-order valence-corrected chi connectivity index (χ4v) is 5.47. The number of sulfonamides is 1.